The number of nitrogens with zero attached hydrogens (tertiary/aromatic N) is 7. The standard InChI is InChI=1S/C21H18N8/c1-14-19(15(2)29(26-14)16-8-4-3-5-9-16)12-22-24-20-17-10-6-7-11-18(17)21-25-23-13-28(21)27-20/h3-13H,1-2H3,(H,24,27). The summed E-state index contributed by atoms with van der Waals surface area (Å²) in [6, 6.07) is 18.0. The maximum atomic E-state index is 4.65. The molecule has 2 aromatic carbocycles. The SMILES string of the molecule is Cc1nn(-c2ccccc2)c(C)c1C=NNc1nn2cnnc2c2ccccc12. The maximum Gasteiger partial charge on any atom is 0.185 e. The van der Waals surface area contributed by atoms with Gasteiger partial charge >= 0.3 is 0 Å². The van der Waals surface area contributed by atoms with Crippen LogP contribution in [0.3, 0.4) is 0 Å². The first kappa shape index (κ1) is 17.1. The second-order valence-corrected chi connectivity index (χ2v) is 6.70. The summed E-state index contributed by atoms with van der Waals surface area (Å²) < 4.78 is 3.57. The first-order valence-corrected chi connectivity index (χ1v) is 9.22. The molecule has 0 spiro atoms. The topological polar surface area (TPSA) is 85.3 Å². The molecule has 3 aromatic heterocycles. The summed E-state index contributed by atoms with van der Waals surface area (Å²) in [4.78, 5) is 0. The van der Waals surface area contributed by atoms with Crippen LogP contribution in [0.25, 0.3) is 22.1 Å². The van der Waals surface area contributed by atoms with Gasteiger partial charge in [0.25, 0.3) is 0 Å². The van der Waals surface area contributed by atoms with Gasteiger partial charge in [-0.1, -0.05) is 42.5 Å². The van der Waals surface area contributed by atoms with Crippen molar-refractivity contribution in [2.75, 3.05) is 5.43 Å². The van der Waals surface area contributed by atoms with Crippen molar-refractivity contribution in [2.45, 2.75) is 13.8 Å². The number of fused-ring (bicyclic) bond motifs is 3. The molecule has 0 aliphatic rings. The summed E-state index contributed by atoms with van der Waals surface area (Å²) in [5.41, 5.74) is 7.69. The number of aromatic nitrogens is 6. The summed E-state index contributed by atoms with van der Waals surface area (Å²) in [5.74, 6) is 0.634. The van der Waals surface area contributed by atoms with E-state index in [0.29, 0.717) is 11.5 Å². The van der Waals surface area contributed by atoms with Crippen molar-refractivity contribution < 1.29 is 0 Å². The Morgan fingerprint density at radius 2 is 1.69 bits per heavy atom. The number of anilines is 1. The molecule has 0 saturated heterocycles. The molecule has 8 nitrogen and oxygen atoms in total. The van der Waals surface area contributed by atoms with Crippen LogP contribution in [0.2, 0.25) is 0 Å². The molecular formula is C21H18N8. The molecule has 5 rings (SSSR count). The van der Waals surface area contributed by atoms with E-state index in [4.69, 9.17) is 0 Å². The monoisotopic (exact) mass is 382 g/mol. The van der Waals surface area contributed by atoms with Gasteiger partial charge in [-0.05, 0) is 26.0 Å². The Bertz CT molecular complexity index is 1350. The van der Waals surface area contributed by atoms with Crippen LogP contribution in [0.5, 0.6) is 0 Å². The Labute approximate surface area is 166 Å². The van der Waals surface area contributed by atoms with Gasteiger partial charge in [0, 0.05) is 16.3 Å². The fourth-order valence-corrected chi connectivity index (χ4v) is 3.43. The van der Waals surface area contributed by atoms with Crippen LogP contribution in [0, 0.1) is 13.8 Å². The second kappa shape index (κ2) is 6.83. The minimum absolute atomic E-state index is 0.634. The van der Waals surface area contributed by atoms with Gasteiger partial charge in [-0.25, -0.2) is 4.68 Å². The third kappa shape index (κ3) is 2.91. The van der Waals surface area contributed by atoms with Crippen LogP contribution in [0.1, 0.15) is 17.0 Å². The lowest BCUT2D eigenvalue weighted by atomic mass is 10.2. The maximum absolute atomic E-state index is 4.65. The van der Waals surface area contributed by atoms with Crippen molar-refractivity contribution in [1.29, 1.82) is 0 Å². The average Bonchev–Trinajstić information content (AvgIpc) is 3.34. The second-order valence-electron chi connectivity index (χ2n) is 6.70. The van der Waals surface area contributed by atoms with E-state index in [-0.39, 0.29) is 0 Å². The molecule has 0 radical (unpaired) electrons. The fourth-order valence-electron chi connectivity index (χ4n) is 3.43. The number of nitrogens with one attached hydrogen (secondary N) is 1. The van der Waals surface area contributed by atoms with E-state index in [9.17, 15) is 0 Å². The quantitative estimate of drug-likeness (QED) is 0.380. The summed E-state index contributed by atoms with van der Waals surface area (Å²) in [7, 11) is 0. The van der Waals surface area contributed by atoms with E-state index in [0.717, 1.165) is 33.4 Å². The van der Waals surface area contributed by atoms with Crippen LogP contribution < -0.4 is 5.43 Å². The highest BCUT2D eigenvalue weighted by molar-refractivity contribution is 6.00. The molecule has 3 heterocycles. The Hall–Kier alpha value is -4.07. The molecule has 1 N–H and O–H groups in total. The Kier molecular flexibility index (Phi) is 4.02. The van der Waals surface area contributed by atoms with Crippen LogP contribution in [-0.4, -0.2) is 35.8 Å². The van der Waals surface area contributed by atoms with E-state index in [1.807, 2.05) is 73.1 Å². The number of hydrogen-bond donors (Lipinski definition) is 1. The smallest absolute Gasteiger partial charge is 0.185 e. The average molecular weight is 382 g/mol. The number of benzene rings is 2. The van der Waals surface area contributed by atoms with Gasteiger partial charge in [-0.3, -0.25) is 5.43 Å². The molecule has 0 amide bonds. The Balaban J connectivity index is 1.50. The van der Waals surface area contributed by atoms with Crippen LogP contribution in [-0.2, 0) is 0 Å². The van der Waals surface area contributed by atoms with E-state index < -0.39 is 0 Å². The van der Waals surface area contributed by atoms with Crippen molar-refractivity contribution in [2.24, 2.45) is 5.10 Å². The van der Waals surface area contributed by atoms with Gasteiger partial charge in [0.1, 0.15) is 6.33 Å². The lowest BCUT2D eigenvalue weighted by Crippen LogP contribution is -2.01. The molecule has 0 unspecified atom stereocenters. The number of aryl methyl sites for hydroxylation is 1. The van der Waals surface area contributed by atoms with Gasteiger partial charge in [0.05, 0.1) is 23.3 Å². The molecule has 0 atom stereocenters. The Morgan fingerprint density at radius 1 is 0.931 bits per heavy atom. The first-order valence-electron chi connectivity index (χ1n) is 9.22. The van der Waals surface area contributed by atoms with Crippen molar-refractivity contribution in [1.82, 2.24) is 29.6 Å². The van der Waals surface area contributed by atoms with Gasteiger partial charge in [0.15, 0.2) is 11.5 Å². The molecule has 0 aliphatic heterocycles. The number of rotatable bonds is 4. The minimum atomic E-state index is 0.634. The first-order chi connectivity index (χ1) is 14.2. The van der Waals surface area contributed by atoms with Crippen LogP contribution >= 0.6 is 0 Å². The van der Waals surface area contributed by atoms with E-state index in [1.54, 1.807) is 17.1 Å². The van der Waals surface area contributed by atoms with Crippen LogP contribution in [0.4, 0.5) is 5.82 Å². The summed E-state index contributed by atoms with van der Waals surface area (Å²) in [5, 5.41) is 23.6. The molecule has 0 aliphatic carbocycles. The number of hydrogen-bond acceptors (Lipinski definition) is 6. The molecule has 5 aromatic rings. The minimum Gasteiger partial charge on any atom is -0.259 e. The molecule has 0 bridgehead atoms. The zero-order chi connectivity index (χ0) is 19.8. The van der Waals surface area contributed by atoms with Crippen molar-refractivity contribution in [3.05, 3.63) is 77.9 Å². The number of hydrazone groups is 1. The molecular weight excluding hydrogens is 364 g/mol. The normalized spacial score (nSPS) is 11.7. The molecule has 142 valence electrons. The van der Waals surface area contributed by atoms with Gasteiger partial charge in [-0.15, -0.1) is 15.3 Å². The van der Waals surface area contributed by atoms with Crippen LogP contribution in [0.15, 0.2) is 66.0 Å². The van der Waals surface area contributed by atoms with E-state index >= 15 is 0 Å². The van der Waals surface area contributed by atoms with Crippen molar-refractivity contribution in [3.63, 3.8) is 0 Å². The van der Waals surface area contributed by atoms with Gasteiger partial charge in [0.2, 0.25) is 0 Å². The largest absolute Gasteiger partial charge is 0.259 e. The molecule has 8 heteroatoms. The fraction of sp³-hybridized carbons (Fsp3) is 0.0952. The lowest BCUT2D eigenvalue weighted by Gasteiger charge is -2.06. The predicted molar refractivity (Wildman–Crippen MR) is 113 cm³/mol. The third-order valence-corrected chi connectivity index (χ3v) is 4.87. The molecule has 0 saturated carbocycles. The lowest BCUT2D eigenvalue weighted by molar-refractivity contribution is 0.833. The number of para-hydroxylation sites is 1. The summed E-state index contributed by atoms with van der Waals surface area (Å²) >= 11 is 0. The van der Waals surface area contributed by atoms with Crippen molar-refractivity contribution in [3.8, 4) is 5.69 Å². The third-order valence-electron chi connectivity index (χ3n) is 4.87. The van der Waals surface area contributed by atoms with Gasteiger partial charge in [-0.2, -0.15) is 14.7 Å². The molecule has 29 heavy (non-hydrogen) atoms. The van der Waals surface area contributed by atoms with E-state index in [1.165, 1.54) is 0 Å². The highest BCUT2D eigenvalue weighted by Crippen LogP contribution is 2.24. The van der Waals surface area contributed by atoms with Crippen molar-refractivity contribution >= 4 is 28.5 Å². The van der Waals surface area contributed by atoms with Gasteiger partial charge < -0.3 is 0 Å². The highest BCUT2D eigenvalue weighted by Gasteiger charge is 2.12. The highest BCUT2D eigenvalue weighted by atomic mass is 15.4. The Morgan fingerprint density at radius 3 is 2.52 bits per heavy atom. The predicted octanol–water partition coefficient (Wildman–Crippen LogP) is 3.53. The molecule has 0 fully saturated rings. The summed E-state index contributed by atoms with van der Waals surface area (Å²) in [6.45, 7) is 4.01. The van der Waals surface area contributed by atoms with E-state index in [2.05, 4.69) is 30.9 Å². The zero-order valence-electron chi connectivity index (χ0n) is 16.0. The zero-order valence-corrected chi connectivity index (χ0v) is 16.0. The summed E-state index contributed by atoms with van der Waals surface area (Å²) in [6.07, 6.45) is 3.36.